The van der Waals surface area contributed by atoms with Gasteiger partial charge in [-0.1, -0.05) is 25.5 Å². The van der Waals surface area contributed by atoms with Gasteiger partial charge in [0.25, 0.3) is 5.91 Å². The van der Waals surface area contributed by atoms with Crippen LogP contribution < -0.4 is 15.4 Å². The summed E-state index contributed by atoms with van der Waals surface area (Å²) in [5.41, 5.74) is 1.22. The Morgan fingerprint density at radius 1 is 0.970 bits per heavy atom. The lowest BCUT2D eigenvalue weighted by atomic mass is 10.2. The highest BCUT2D eigenvalue weighted by Crippen LogP contribution is 2.21. The van der Waals surface area contributed by atoms with E-state index in [9.17, 15) is 18.0 Å². The van der Waals surface area contributed by atoms with Gasteiger partial charge in [-0.15, -0.1) is 0 Å². The van der Waals surface area contributed by atoms with Crippen LogP contribution in [0.5, 0.6) is 5.75 Å². The van der Waals surface area contributed by atoms with Crippen LogP contribution in [0.4, 0.5) is 0 Å². The number of hydrogen-bond acceptors (Lipinski definition) is 5. The van der Waals surface area contributed by atoms with Gasteiger partial charge < -0.3 is 15.4 Å². The van der Waals surface area contributed by atoms with Crippen molar-refractivity contribution in [2.75, 3.05) is 26.2 Å². The van der Waals surface area contributed by atoms with Crippen molar-refractivity contribution < 1.29 is 22.7 Å². The molecular formula is C24H31N3O5S. The monoisotopic (exact) mass is 473 g/mol. The van der Waals surface area contributed by atoms with Gasteiger partial charge in [-0.05, 0) is 61.2 Å². The lowest BCUT2D eigenvalue weighted by molar-refractivity contribution is -0.120. The molecule has 3 rings (SSSR count). The summed E-state index contributed by atoms with van der Waals surface area (Å²) in [6.07, 6.45) is 3.80. The molecule has 8 nitrogen and oxygen atoms in total. The minimum atomic E-state index is -3.45. The average molecular weight is 474 g/mol. The quantitative estimate of drug-likeness (QED) is 0.488. The van der Waals surface area contributed by atoms with Gasteiger partial charge >= 0.3 is 0 Å². The summed E-state index contributed by atoms with van der Waals surface area (Å²) < 4.78 is 32.2. The number of hydrogen-bond donors (Lipinski definition) is 2. The number of carbonyl (C=O) groups is 2. The molecule has 1 saturated heterocycles. The molecule has 0 spiro atoms. The summed E-state index contributed by atoms with van der Waals surface area (Å²) in [6, 6.07) is 13.3. The molecule has 0 bridgehead atoms. The number of nitrogens with zero attached hydrogens (tertiary/aromatic N) is 1. The fourth-order valence-corrected chi connectivity index (χ4v) is 4.94. The van der Waals surface area contributed by atoms with Gasteiger partial charge in [-0.25, -0.2) is 8.42 Å². The van der Waals surface area contributed by atoms with E-state index in [1.807, 2.05) is 0 Å². The predicted octanol–water partition coefficient (Wildman–Crippen LogP) is 2.70. The standard InChI is InChI=1S/C24H31N3O5S/c1-2-3-16-32-21-10-8-20(9-11-21)24(29)26-18-23(28)25-17-19-6-12-22(13-7-19)33(30,31)27-14-4-5-15-27/h6-13H,2-5,14-18H2,1H3,(H,25,28)(H,26,29). The van der Waals surface area contributed by atoms with Crippen LogP contribution in [0, 0.1) is 0 Å². The number of nitrogens with one attached hydrogen (secondary N) is 2. The van der Waals surface area contributed by atoms with Crippen molar-refractivity contribution in [3.8, 4) is 5.75 Å². The maximum atomic E-state index is 12.6. The highest BCUT2D eigenvalue weighted by atomic mass is 32.2. The van der Waals surface area contributed by atoms with Crippen molar-refractivity contribution in [1.82, 2.24) is 14.9 Å². The van der Waals surface area contributed by atoms with E-state index < -0.39 is 10.0 Å². The molecule has 1 aliphatic rings. The third-order valence-electron chi connectivity index (χ3n) is 5.41. The number of amides is 2. The minimum Gasteiger partial charge on any atom is -0.494 e. The van der Waals surface area contributed by atoms with Crippen molar-refractivity contribution >= 4 is 21.8 Å². The molecule has 2 aromatic carbocycles. The van der Waals surface area contributed by atoms with E-state index in [0.717, 1.165) is 31.2 Å². The van der Waals surface area contributed by atoms with E-state index in [1.54, 1.807) is 48.5 Å². The lowest BCUT2D eigenvalue weighted by Gasteiger charge is -2.15. The second-order valence-electron chi connectivity index (χ2n) is 7.94. The molecule has 9 heteroatoms. The first-order valence-corrected chi connectivity index (χ1v) is 12.7. The van der Waals surface area contributed by atoms with Gasteiger partial charge in [-0.2, -0.15) is 4.31 Å². The zero-order chi connectivity index (χ0) is 23.7. The number of carbonyl (C=O) groups excluding carboxylic acids is 2. The molecule has 0 atom stereocenters. The van der Waals surface area contributed by atoms with Gasteiger partial charge in [0, 0.05) is 25.2 Å². The predicted molar refractivity (Wildman–Crippen MR) is 125 cm³/mol. The van der Waals surface area contributed by atoms with Crippen molar-refractivity contribution in [1.29, 1.82) is 0 Å². The van der Waals surface area contributed by atoms with Gasteiger partial charge in [0.15, 0.2) is 0 Å². The fourth-order valence-electron chi connectivity index (χ4n) is 3.42. The molecule has 0 unspecified atom stereocenters. The molecule has 0 aromatic heterocycles. The topological polar surface area (TPSA) is 105 Å². The van der Waals surface area contributed by atoms with E-state index in [0.29, 0.717) is 31.0 Å². The van der Waals surface area contributed by atoms with Gasteiger partial charge in [-0.3, -0.25) is 9.59 Å². The number of ether oxygens (including phenoxy) is 1. The molecule has 1 fully saturated rings. The zero-order valence-corrected chi connectivity index (χ0v) is 19.7. The number of sulfonamides is 1. The van der Waals surface area contributed by atoms with Crippen LogP contribution in [-0.2, 0) is 21.4 Å². The largest absolute Gasteiger partial charge is 0.494 e. The molecule has 33 heavy (non-hydrogen) atoms. The third-order valence-corrected chi connectivity index (χ3v) is 7.32. The molecule has 1 aliphatic heterocycles. The first-order chi connectivity index (χ1) is 15.9. The molecule has 1 heterocycles. The third kappa shape index (κ3) is 7.03. The van der Waals surface area contributed by atoms with Gasteiger partial charge in [0.05, 0.1) is 18.0 Å². The van der Waals surface area contributed by atoms with E-state index >= 15 is 0 Å². The van der Waals surface area contributed by atoms with Crippen LogP contribution in [0.25, 0.3) is 0 Å². The van der Waals surface area contributed by atoms with Gasteiger partial charge in [0.2, 0.25) is 15.9 Å². The summed E-state index contributed by atoms with van der Waals surface area (Å²) in [6.45, 7) is 3.92. The van der Waals surface area contributed by atoms with E-state index in [2.05, 4.69) is 17.6 Å². The number of unbranched alkanes of at least 4 members (excludes halogenated alkanes) is 1. The van der Waals surface area contributed by atoms with Crippen molar-refractivity contribution in [2.24, 2.45) is 0 Å². The Kier molecular flexibility index (Phi) is 8.85. The molecule has 2 aromatic rings. The summed E-state index contributed by atoms with van der Waals surface area (Å²) >= 11 is 0. The van der Waals surface area contributed by atoms with Crippen LogP contribution in [0.2, 0.25) is 0 Å². The molecule has 0 aliphatic carbocycles. The highest BCUT2D eigenvalue weighted by Gasteiger charge is 2.26. The number of benzene rings is 2. The maximum Gasteiger partial charge on any atom is 0.251 e. The smallest absolute Gasteiger partial charge is 0.251 e. The summed E-state index contributed by atoms with van der Waals surface area (Å²) in [5, 5.41) is 5.31. The molecule has 0 radical (unpaired) electrons. The fraction of sp³-hybridized carbons (Fsp3) is 0.417. The Labute approximate surface area is 195 Å². The second-order valence-corrected chi connectivity index (χ2v) is 9.88. The summed E-state index contributed by atoms with van der Waals surface area (Å²) in [5.74, 6) is 0.0235. The first kappa shape index (κ1) is 24.7. The normalized spacial score (nSPS) is 14.1. The molecule has 2 N–H and O–H groups in total. The Hall–Kier alpha value is -2.91. The van der Waals surface area contributed by atoms with Crippen LogP contribution in [-0.4, -0.2) is 50.8 Å². The highest BCUT2D eigenvalue weighted by molar-refractivity contribution is 7.89. The molecule has 2 amide bonds. The van der Waals surface area contributed by atoms with Crippen molar-refractivity contribution in [2.45, 2.75) is 44.0 Å². The van der Waals surface area contributed by atoms with Crippen LogP contribution in [0.3, 0.4) is 0 Å². The zero-order valence-electron chi connectivity index (χ0n) is 18.9. The van der Waals surface area contributed by atoms with Crippen molar-refractivity contribution in [3.63, 3.8) is 0 Å². The second kappa shape index (κ2) is 11.8. The van der Waals surface area contributed by atoms with E-state index in [4.69, 9.17) is 4.74 Å². The van der Waals surface area contributed by atoms with Crippen LogP contribution in [0.15, 0.2) is 53.4 Å². The SMILES string of the molecule is CCCCOc1ccc(C(=O)NCC(=O)NCc2ccc(S(=O)(=O)N3CCCC3)cc2)cc1. The van der Waals surface area contributed by atoms with Gasteiger partial charge in [0.1, 0.15) is 5.75 Å². The number of rotatable bonds is 11. The Morgan fingerprint density at radius 2 is 1.64 bits per heavy atom. The summed E-state index contributed by atoms with van der Waals surface area (Å²) in [7, 11) is -3.45. The molecule has 178 valence electrons. The molecule has 0 saturated carbocycles. The average Bonchev–Trinajstić information content (AvgIpc) is 3.38. The maximum absolute atomic E-state index is 12.6. The van der Waals surface area contributed by atoms with Crippen LogP contribution >= 0.6 is 0 Å². The first-order valence-electron chi connectivity index (χ1n) is 11.3. The Balaban J connectivity index is 1.42. The Bertz CT molecular complexity index is 1030. The van der Waals surface area contributed by atoms with E-state index in [-0.39, 0.29) is 29.8 Å². The van der Waals surface area contributed by atoms with Crippen molar-refractivity contribution in [3.05, 3.63) is 59.7 Å². The summed E-state index contributed by atoms with van der Waals surface area (Å²) in [4.78, 5) is 24.6. The minimum absolute atomic E-state index is 0.158. The molecular weight excluding hydrogens is 442 g/mol. The van der Waals surface area contributed by atoms with Crippen LogP contribution in [0.1, 0.15) is 48.5 Å². The van der Waals surface area contributed by atoms with E-state index in [1.165, 1.54) is 4.31 Å². The lowest BCUT2D eigenvalue weighted by Crippen LogP contribution is -2.36. The Morgan fingerprint density at radius 3 is 2.27 bits per heavy atom.